The quantitative estimate of drug-likeness (QED) is 0.692. The molecule has 4 nitrogen and oxygen atoms in total. The summed E-state index contributed by atoms with van der Waals surface area (Å²) in [5.74, 6) is 1.40. The molecule has 0 aliphatic carbocycles. The summed E-state index contributed by atoms with van der Waals surface area (Å²) in [6.07, 6.45) is 0.235. The SMILES string of the molecule is O[C@H]1CNc2cc(OCc3ccccc3)c(OCc3ccccc3)cc2C1. The predicted molar refractivity (Wildman–Crippen MR) is 106 cm³/mol. The maximum Gasteiger partial charge on any atom is 0.163 e. The highest BCUT2D eigenvalue weighted by Gasteiger charge is 2.20. The number of anilines is 1. The molecule has 4 rings (SSSR count). The summed E-state index contributed by atoms with van der Waals surface area (Å²) in [6, 6.07) is 24.1. The van der Waals surface area contributed by atoms with Gasteiger partial charge in [0.05, 0.1) is 6.10 Å². The fraction of sp³-hybridized carbons (Fsp3) is 0.217. The minimum Gasteiger partial charge on any atom is -0.485 e. The van der Waals surface area contributed by atoms with Crippen LogP contribution < -0.4 is 14.8 Å². The molecule has 0 bridgehead atoms. The van der Waals surface area contributed by atoms with Gasteiger partial charge in [0.15, 0.2) is 11.5 Å². The van der Waals surface area contributed by atoms with Crippen molar-refractivity contribution in [2.24, 2.45) is 0 Å². The lowest BCUT2D eigenvalue weighted by Gasteiger charge is -2.24. The smallest absolute Gasteiger partial charge is 0.163 e. The fourth-order valence-electron chi connectivity index (χ4n) is 3.19. The van der Waals surface area contributed by atoms with Gasteiger partial charge in [-0.2, -0.15) is 0 Å². The molecule has 1 atom stereocenters. The van der Waals surface area contributed by atoms with Crippen LogP contribution in [0.4, 0.5) is 5.69 Å². The van der Waals surface area contributed by atoms with E-state index in [2.05, 4.69) is 5.32 Å². The minimum atomic E-state index is -0.379. The van der Waals surface area contributed by atoms with Crippen LogP contribution in [0.3, 0.4) is 0 Å². The van der Waals surface area contributed by atoms with Crippen molar-refractivity contribution >= 4 is 5.69 Å². The van der Waals surface area contributed by atoms with Gasteiger partial charge >= 0.3 is 0 Å². The Morgan fingerprint density at radius 2 is 1.37 bits per heavy atom. The first-order valence-corrected chi connectivity index (χ1v) is 9.20. The Hall–Kier alpha value is -2.98. The van der Waals surface area contributed by atoms with Crippen molar-refractivity contribution in [1.82, 2.24) is 0 Å². The first kappa shape index (κ1) is 17.4. The number of hydrogen-bond donors (Lipinski definition) is 2. The third-order valence-corrected chi connectivity index (χ3v) is 4.63. The van der Waals surface area contributed by atoms with Gasteiger partial charge in [-0.1, -0.05) is 60.7 Å². The van der Waals surface area contributed by atoms with E-state index in [1.807, 2.05) is 72.8 Å². The third-order valence-electron chi connectivity index (χ3n) is 4.63. The van der Waals surface area contributed by atoms with Crippen LogP contribution in [0, 0.1) is 0 Å². The van der Waals surface area contributed by atoms with Crippen molar-refractivity contribution < 1.29 is 14.6 Å². The molecule has 138 valence electrons. The molecule has 0 saturated carbocycles. The maximum absolute atomic E-state index is 9.94. The van der Waals surface area contributed by atoms with E-state index in [0.29, 0.717) is 37.7 Å². The molecule has 0 amide bonds. The van der Waals surface area contributed by atoms with E-state index in [1.54, 1.807) is 0 Å². The van der Waals surface area contributed by atoms with E-state index in [-0.39, 0.29) is 6.10 Å². The Balaban J connectivity index is 1.56. The molecule has 4 heteroatoms. The highest BCUT2D eigenvalue weighted by atomic mass is 16.5. The van der Waals surface area contributed by atoms with Gasteiger partial charge in [-0.3, -0.25) is 0 Å². The summed E-state index contributed by atoms with van der Waals surface area (Å²) in [4.78, 5) is 0. The zero-order valence-corrected chi connectivity index (χ0v) is 15.1. The molecule has 2 N–H and O–H groups in total. The highest BCUT2D eigenvalue weighted by molar-refractivity contribution is 5.62. The highest BCUT2D eigenvalue weighted by Crippen LogP contribution is 2.37. The van der Waals surface area contributed by atoms with Crippen LogP contribution in [0.2, 0.25) is 0 Å². The van der Waals surface area contributed by atoms with Gasteiger partial charge in [0, 0.05) is 24.7 Å². The van der Waals surface area contributed by atoms with Crippen molar-refractivity contribution in [1.29, 1.82) is 0 Å². The standard InChI is InChI=1S/C23H23NO3/c25-20-11-19-12-22(26-15-17-7-3-1-4-8-17)23(13-21(19)24-14-20)27-16-18-9-5-2-6-10-18/h1-10,12-13,20,24-25H,11,14-16H2/t20-/m1/s1. The predicted octanol–water partition coefficient (Wildman–Crippen LogP) is 4.17. The molecule has 1 heterocycles. The largest absolute Gasteiger partial charge is 0.485 e. The van der Waals surface area contributed by atoms with Gasteiger partial charge in [0.25, 0.3) is 0 Å². The molecule has 0 saturated heterocycles. The Labute approximate surface area is 159 Å². The summed E-state index contributed by atoms with van der Waals surface area (Å²) in [5, 5.41) is 13.2. The van der Waals surface area contributed by atoms with Gasteiger partial charge in [0.1, 0.15) is 13.2 Å². The molecule has 0 radical (unpaired) electrons. The number of aliphatic hydroxyl groups is 1. The van der Waals surface area contributed by atoms with Gasteiger partial charge < -0.3 is 19.9 Å². The molecule has 0 fully saturated rings. The normalized spacial score (nSPS) is 15.5. The Bertz CT molecular complexity index is 881. The van der Waals surface area contributed by atoms with E-state index >= 15 is 0 Å². The van der Waals surface area contributed by atoms with Crippen LogP contribution in [0.15, 0.2) is 72.8 Å². The van der Waals surface area contributed by atoms with Crippen molar-refractivity contribution in [2.75, 3.05) is 11.9 Å². The molecular formula is C23H23NO3. The number of ether oxygens (including phenoxy) is 2. The van der Waals surface area contributed by atoms with Crippen molar-refractivity contribution in [3.05, 3.63) is 89.5 Å². The van der Waals surface area contributed by atoms with Crippen molar-refractivity contribution in [3.8, 4) is 11.5 Å². The second-order valence-electron chi connectivity index (χ2n) is 6.74. The van der Waals surface area contributed by atoms with E-state index in [0.717, 1.165) is 22.4 Å². The minimum absolute atomic E-state index is 0.379. The third kappa shape index (κ3) is 4.41. The number of β-amino-alcohol motifs (C(OH)–C–C–N with tert-alkyl or cyclic N) is 1. The molecule has 27 heavy (non-hydrogen) atoms. The summed E-state index contributed by atoms with van der Waals surface area (Å²) in [6.45, 7) is 1.50. The molecule has 1 aliphatic rings. The molecular weight excluding hydrogens is 338 g/mol. The number of aliphatic hydroxyl groups excluding tert-OH is 1. The van der Waals surface area contributed by atoms with Crippen LogP contribution in [0.1, 0.15) is 16.7 Å². The lowest BCUT2D eigenvalue weighted by molar-refractivity contribution is 0.184. The summed E-state index contributed by atoms with van der Waals surface area (Å²) >= 11 is 0. The zero-order valence-electron chi connectivity index (χ0n) is 15.1. The molecule has 1 aliphatic heterocycles. The van der Waals surface area contributed by atoms with Crippen LogP contribution in [0.25, 0.3) is 0 Å². The lowest BCUT2D eigenvalue weighted by atomic mass is 10.0. The molecule has 3 aromatic carbocycles. The first-order valence-electron chi connectivity index (χ1n) is 9.20. The molecule has 3 aromatic rings. The van der Waals surface area contributed by atoms with Crippen LogP contribution >= 0.6 is 0 Å². The Kier molecular flexibility index (Phi) is 5.26. The first-order chi connectivity index (χ1) is 13.3. The van der Waals surface area contributed by atoms with E-state index in [9.17, 15) is 5.11 Å². The monoisotopic (exact) mass is 361 g/mol. The van der Waals surface area contributed by atoms with E-state index in [1.165, 1.54) is 0 Å². The topological polar surface area (TPSA) is 50.7 Å². The number of rotatable bonds is 6. The Morgan fingerprint density at radius 1 is 0.815 bits per heavy atom. The number of fused-ring (bicyclic) bond motifs is 1. The second kappa shape index (κ2) is 8.14. The fourth-order valence-corrected chi connectivity index (χ4v) is 3.19. The van der Waals surface area contributed by atoms with Crippen LogP contribution in [-0.4, -0.2) is 17.8 Å². The van der Waals surface area contributed by atoms with E-state index in [4.69, 9.17) is 9.47 Å². The average molecular weight is 361 g/mol. The second-order valence-corrected chi connectivity index (χ2v) is 6.74. The van der Waals surface area contributed by atoms with E-state index < -0.39 is 0 Å². The summed E-state index contributed by atoms with van der Waals surface area (Å²) in [7, 11) is 0. The summed E-state index contributed by atoms with van der Waals surface area (Å²) < 4.78 is 12.2. The zero-order chi connectivity index (χ0) is 18.5. The van der Waals surface area contributed by atoms with Crippen LogP contribution in [-0.2, 0) is 19.6 Å². The van der Waals surface area contributed by atoms with Gasteiger partial charge in [-0.25, -0.2) is 0 Å². The van der Waals surface area contributed by atoms with Crippen molar-refractivity contribution in [2.45, 2.75) is 25.7 Å². The van der Waals surface area contributed by atoms with Gasteiger partial charge in [-0.15, -0.1) is 0 Å². The number of nitrogens with one attached hydrogen (secondary N) is 1. The molecule has 0 spiro atoms. The number of benzene rings is 3. The lowest BCUT2D eigenvalue weighted by Crippen LogP contribution is -2.27. The summed E-state index contributed by atoms with van der Waals surface area (Å²) in [5.41, 5.74) is 4.24. The number of hydrogen-bond acceptors (Lipinski definition) is 4. The maximum atomic E-state index is 9.94. The molecule has 0 unspecified atom stereocenters. The van der Waals surface area contributed by atoms with Gasteiger partial charge in [0.2, 0.25) is 0 Å². The van der Waals surface area contributed by atoms with Crippen molar-refractivity contribution in [3.63, 3.8) is 0 Å². The van der Waals surface area contributed by atoms with Crippen LogP contribution in [0.5, 0.6) is 11.5 Å². The van der Waals surface area contributed by atoms with Gasteiger partial charge in [-0.05, 0) is 22.8 Å². The molecule has 0 aromatic heterocycles. The average Bonchev–Trinajstić information content (AvgIpc) is 2.72. The Morgan fingerprint density at radius 3 is 1.96 bits per heavy atom.